The molecule has 0 aliphatic rings. The monoisotopic (exact) mass is 364 g/mol. The van der Waals surface area contributed by atoms with Crippen LogP contribution in [0.15, 0.2) is 10.5 Å². The third kappa shape index (κ3) is 3.19. The van der Waals surface area contributed by atoms with Crippen molar-refractivity contribution in [2.24, 2.45) is 0 Å². The summed E-state index contributed by atoms with van der Waals surface area (Å²) in [6, 6.07) is 0.925. The highest BCUT2D eigenvalue weighted by Crippen LogP contribution is 2.39. The molecule has 0 saturated carbocycles. The zero-order valence-electron chi connectivity index (χ0n) is 9.35. The standard InChI is InChI=1S/C10H10BrCl2F3Si/c1-17(2,3)9-7(12)5(10(14,15)16)4-6(11)8(9)13/h4H,1-3H3. The van der Waals surface area contributed by atoms with Gasteiger partial charge in [0.15, 0.2) is 0 Å². The molecule has 0 radical (unpaired) electrons. The maximum absolute atomic E-state index is 12.8. The Balaban J connectivity index is 3.67. The zero-order valence-corrected chi connectivity index (χ0v) is 13.4. The van der Waals surface area contributed by atoms with E-state index in [-0.39, 0.29) is 14.5 Å². The second-order valence-electron chi connectivity index (χ2n) is 4.66. The molecular formula is C10H10BrCl2F3Si. The third-order valence-electron chi connectivity index (χ3n) is 2.21. The molecule has 0 aliphatic heterocycles. The van der Waals surface area contributed by atoms with Crippen molar-refractivity contribution < 1.29 is 13.2 Å². The average molecular weight is 366 g/mol. The van der Waals surface area contributed by atoms with E-state index < -0.39 is 19.8 Å². The highest BCUT2D eigenvalue weighted by Gasteiger charge is 2.37. The summed E-state index contributed by atoms with van der Waals surface area (Å²) < 4.78 is 38.6. The summed E-state index contributed by atoms with van der Waals surface area (Å²) in [7, 11) is -2.06. The van der Waals surface area contributed by atoms with Gasteiger partial charge in [0.2, 0.25) is 0 Å². The van der Waals surface area contributed by atoms with Crippen LogP contribution in [0.4, 0.5) is 13.2 Å². The van der Waals surface area contributed by atoms with Crippen molar-refractivity contribution in [2.45, 2.75) is 25.8 Å². The normalized spacial score (nSPS) is 13.0. The molecule has 0 aliphatic carbocycles. The quantitative estimate of drug-likeness (QED) is 0.466. The molecule has 0 spiro atoms. The largest absolute Gasteiger partial charge is 0.417 e. The van der Waals surface area contributed by atoms with Gasteiger partial charge in [-0.2, -0.15) is 13.2 Å². The minimum absolute atomic E-state index is 0.230. The van der Waals surface area contributed by atoms with Crippen LogP contribution in [0.3, 0.4) is 0 Å². The third-order valence-corrected chi connectivity index (χ3v) is 6.17. The molecule has 0 fully saturated rings. The second kappa shape index (κ2) is 4.76. The Morgan fingerprint density at radius 1 is 1.12 bits per heavy atom. The Bertz CT molecular complexity index is 452. The van der Waals surface area contributed by atoms with Crippen LogP contribution in [0.25, 0.3) is 0 Å². The molecule has 0 amide bonds. The van der Waals surface area contributed by atoms with Crippen molar-refractivity contribution in [3.8, 4) is 0 Å². The van der Waals surface area contributed by atoms with Gasteiger partial charge in [0.25, 0.3) is 0 Å². The van der Waals surface area contributed by atoms with E-state index in [2.05, 4.69) is 15.9 Å². The Morgan fingerprint density at radius 3 is 1.94 bits per heavy atom. The van der Waals surface area contributed by atoms with Gasteiger partial charge in [-0.25, -0.2) is 0 Å². The first-order valence-corrected chi connectivity index (χ1v) is 9.76. The van der Waals surface area contributed by atoms with E-state index in [0.717, 1.165) is 6.07 Å². The average Bonchev–Trinajstić information content (AvgIpc) is 2.07. The van der Waals surface area contributed by atoms with Gasteiger partial charge in [-0.15, -0.1) is 0 Å². The highest BCUT2D eigenvalue weighted by atomic mass is 79.9. The summed E-state index contributed by atoms with van der Waals surface area (Å²) in [5.74, 6) is 0. The van der Waals surface area contributed by atoms with Crippen molar-refractivity contribution in [1.29, 1.82) is 0 Å². The summed E-state index contributed by atoms with van der Waals surface area (Å²) in [5, 5.41) is 0.439. The van der Waals surface area contributed by atoms with Crippen molar-refractivity contribution in [2.75, 3.05) is 0 Å². The lowest BCUT2D eigenvalue weighted by molar-refractivity contribution is -0.137. The molecule has 0 atom stereocenters. The molecule has 0 saturated heterocycles. The van der Waals surface area contributed by atoms with E-state index in [1.54, 1.807) is 0 Å². The molecule has 0 nitrogen and oxygen atoms in total. The molecule has 0 aromatic heterocycles. The molecule has 17 heavy (non-hydrogen) atoms. The first-order valence-electron chi connectivity index (χ1n) is 4.71. The van der Waals surface area contributed by atoms with Crippen molar-refractivity contribution in [3.63, 3.8) is 0 Å². The van der Waals surface area contributed by atoms with E-state index >= 15 is 0 Å². The molecule has 7 heteroatoms. The maximum atomic E-state index is 12.8. The Hall–Kier alpha value is 0.287. The number of hydrogen-bond donors (Lipinski definition) is 0. The van der Waals surface area contributed by atoms with E-state index in [1.165, 1.54) is 0 Å². The second-order valence-corrected chi connectivity index (χ2v) is 11.3. The van der Waals surface area contributed by atoms with Crippen molar-refractivity contribution in [1.82, 2.24) is 0 Å². The fourth-order valence-corrected chi connectivity index (χ4v) is 5.82. The van der Waals surface area contributed by atoms with Gasteiger partial charge in [0.05, 0.1) is 23.7 Å². The Kier molecular flexibility index (Phi) is 4.29. The smallest absolute Gasteiger partial charge is 0.166 e. The fraction of sp³-hybridized carbons (Fsp3) is 0.400. The number of hydrogen-bond acceptors (Lipinski definition) is 0. The molecule has 96 valence electrons. The van der Waals surface area contributed by atoms with Gasteiger partial charge >= 0.3 is 6.18 Å². The van der Waals surface area contributed by atoms with E-state index in [4.69, 9.17) is 23.2 Å². The summed E-state index contributed by atoms with van der Waals surface area (Å²) in [5.41, 5.74) is -0.840. The van der Waals surface area contributed by atoms with Gasteiger partial charge in [-0.1, -0.05) is 42.8 Å². The summed E-state index contributed by atoms with van der Waals surface area (Å²) >= 11 is 15.0. The first kappa shape index (κ1) is 15.3. The predicted octanol–water partition coefficient (Wildman–Crippen LogP) is 5.32. The van der Waals surface area contributed by atoms with Gasteiger partial charge in [0, 0.05) is 4.47 Å². The minimum Gasteiger partial charge on any atom is -0.166 e. The Morgan fingerprint density at radius 2 is 1.59 bits per heavy atom. The van der Waals surface area contributed by atoms with Crippen LogP contribution < -0.4 is 5.19 Å². The maximum Gasteiger partial charge on any atom is 0.417 e. The molecular weight excluding hydrogens is 356 g/mol. The minimum atomic E-state index is -4.47. The lowest BCUT2D eigenvalue weighted by Crippen LogP contribution is -2.40. The lowest BCUT2D eigenvalue weighted by Gasteiger charge is -2.23. The number of rotatable bonds is 1. The zero-order chi connectivity index (χ0) is 13.6. The van der Waals surface area contributed by atoms with Gasteiger partial charge < -0.3 is 0 Å². The number of benzene rings is 1. The van der Waals surface area contributed by atoms with Crippen LogP contribution in [0, 0.1) is 0 Å². The van der Waals surface area contributed by atoms with Crippen LogP contribution in [0.2, 0.25) is 29.7 Å². The number of alkyl halides is 3. The van der Waals surface area contributed by atoms with Crippen LogP contribution in [0.5, 0.6) is 0 Å². The number of halogens is 6. The predicted molar refractivity (Wildman–Crippen MR) is 72.1 cm³/mol. The van der Waals surface area contributed by atoms with Crippen LogP contribution in [-0.4, -0.2) is 8.07 Å². The first-order chi connectivity index (χ1) is 7.46. The summed E-state index contributed by atoms with van der Waals surface area (Å²) in [6.45, 7) is 5.69. The van der Waals surface area contributed by atoms with Crippen LogP contribution in [-0.2, 0) is 6.18 Å². The fourth-order valence-electron chi connectivity index (χ4n) is 1.47. The van der Waals surface area contributed by atoms with Gasteiger partial charge in [-0.3, -0.25) is 0 Å². The van der Waals surface area contributed by atoms with Gasteiger partial charge in [-0.05, 0) is 27.2 Å². The lowest BCUT2D eigenvalue weighted by atomic mass is 10.2. The summed E-state index contributed by atoms with van der Waals surface area (Å²) in [6.07, 6.45) is -4.47. The van der Waals surface area contributed by atoms with Gasteiger partial charge in [0.1, 0.15) is 0 Å². The topological polar surface area (TPSA) is 0 Å². The van der Waals surface area contributed by atoms with Crippen molar-refractivity contribution >= 4 is 52.4 Å². The summed E-state index contributed by atoms with van der Waals surface area (Å²) in [4.78, 5) is 0. The molecule has 0 bridgehead atoms. The van der Waals surface area contributed by atoms with Crippen molar-refractivity contribution in [3.05, 3.63) is 26.1 Å². The molecule has 0 unspecified atom stereocenters. The molecule has 1 rings (SSSR count). The SMILES string of the molecule is C[Si](C)(C)c1c(Cl)c(Br)cc(C(F)(F)F)c1Cl. The van der Waals surface area contributed by atoms with E-state index in [1.807, 2.05) is 19.6 Å². The highest BCUT2D eigenvalue weighted by molar-refractivity contribution is 9.10. The molecule has 1 aromatic carbocycles. The van der Waals surface area contributed by atoms with E-state index in [0.29, 0.717) is 5.19 Å². The molecule has 0 N–H and O–H groups in total. The molecule has 1 aromatic rings. The molecule has 0 heterocycles. The van der Waals surface area contributed by atoms with Crippen LogP contribution >= 0.6 is 39.1 Å². The van der Waals surface area contributed by atoms with E-state index in [9.17, 15) is 13.2 Å². The van der Waals surface area contributed by atoms with Crippen LogP contribution in [0.1, 0.15) is 5.56 Å². The Labute approximate surface area is 117 Å².